The van der Waals surface area contributed by atoms with Crippen molar-refractivity contribution in [1.82, 2.24) is 4.90 Å². The van der Waals surface area contributed by atoms with Gasteiger partial charge in [-0.25, -0.2) is 0 Å². The van der Waals surface area contributed by atoms with Crippen molar-refractivity contribution >= 4 is 17.6 Å². The van der Waals surface area contributed by atoms with E-state index >= 15 is 0 Å². The van der Waals surface area contributed by atoms with Crippen LogP contribution in [-0.4, -0.2) is 60.5 Å². The molecule has 7 heteroatoms. The smallest absolute Gasteiger partial charge is 0.325 e. The highest BCUT2D eigenvalue weighted by Gasteiger charge is 2.45. The van der Waals surface area contributed by atoms with E-state index in [9.17, 15) is 9.90 Å². The van der Waals surface area contributed by atoms with E-state index in [4.69, 9.17) is 25.8 Å². The Hall–Kier alpha value is -2.12. The number of hydrogen-bond donors (Lipinski definition) is 1. The second-order valence-electron chi connectivity index (χ2n) is 9.79. The second-order valence-corrected chi connectivity index (χ2v) is 10.2. The van der Waals surface area contributed by atoms with Gasteiger partial charge in [0, 0.05) is 24.4 Å². The Kier molecular flexibility index (Phi) is 8.38. The van der Waals surface area contributed by atoms with Crippen LogP contribution in [0.5, 0.6) is 5.75 Å². The minimum atomic E-state index is -0.638. The molecule has 4 atom stereocenters. The molecule has 2 aliphatic heterocycles. The maximum atomic E-state index is 12.4. The van der Waals surface area contributed by atoms with Crippen molar-refractivity contribution in [2.24, 2.45) is 0 Å². The number of methoxy groups -OCH3 is 1. The number of aliphatic hydroxyl groups is 1. The van der Waals surface area contributed by atoms with Crippen LogP contribution < -0.4 is 4.74 Å². The molecule has 0 saturated carbocycles. The van der Waals surface area contributed by atoms with Gasteiger partial charge in [-0.05, 0) is 74.5 Å². The molecule has 0 radical (unpaired) electrons. The Morgan fingerprint density at radius 1 is 1.23 bits per heavy atom. The molecule has 0 aliphatic carbocycles. The first-order valence-corrected chi connectivity index (χ1v) is 12.9. The number of carbonyl (C=O) groups is 1. The number of benzene rings is 2. The predicted octanol–water partition coefficient (Wildman–Crippen LogP) is 4.94. The van der Waals surface area contributed by atoms with Crippen LogP contribution in [0.2, 0.25) is 5.02 Å². The number of aliphatic hydroxyl groups excluding tert-OH is 1. The summed E-state index contributed by atoms with van der Waals surface area (Å²) in [4.78, 5) is 14.6. The fourth-order valence-electron chi connectivity index (χ4n) is 5.35. The molecular formula is C28H36ClNO5. The van der Waals surface area contributed by atoms with Gasteiger partial charge < -0.3 is 19.3 Å². The summed E-state index contributed by atoms with van der Waals surface area (Å²) < 4.78 is 17.1. The summed E-state index contributed by atoms with van der Waals surface area (Å²) in [7, 11) is 1.44. The van der Waals surface area contributed by atoms with Crippen molar-refractivity contribution in [1.29, 1.82) is 0 Å². The standard InChI is InChI=1S/C28H36ClNO5/c1-4-34-23-9-6-19(7-10-23)14-21-15-20(8-11-25(21)29)26-17-22(31)16-24(35-26)18-30-13-5-12-28(30,2)27(32)33-3/h6-11,15,22,24,26,31H,4-5,12-14,16-18H2,1-3H3/t22-,24-,26+,28-/m0/s1. The summed E-state index contributed by atoms with van der Waals surface area (Å²) >= 11 is 6.55. The summed E-state index contributed by atoms with van der Waals surface area (Å²) in [6.45, 7) is 5.96. The average Bonchev–Trinajstić information content (AvgIpc) is 3.22. The lowest BCUT2D eigenvalue weighted by Gasteiger charge is -2.39. The summed E-state index contributed by atoms with van der Waals surface area (Å²) in [5.74, 6) is 0.646. The molecule has 2 heterocycles. The van der Waals surface area contributed by atoms with E-state index in [0.717, 1.165) is 41.8 Å². The van der Waals surface area contributed by atoms with Gasteiger partial charge in [0.15, 0.2) is 0 Å². The number of likely N-dealkylation sites (tertiary alicyclic amines) is 1. The Morgan fingerprint density at radius 2 is 2.00 bits per heavy atom. The first-order chi connectivity index (χ1) is 16.8. The van der Waals surface area contributed by atoms with Crippen LogP contribution in [0.4, 0.5) is 0 Å². The Balaban J connectivity index is 1.47. The van der Waals surface area contributed by atoms with Gasteiger partial charge in [-0.15, -0.1) is 0 Å². The summed E-state index contributed by atoms with van der Waals surface area (Å²) in [6, 6.07) is 14.0. The topological polar surface area (TPSA) is 68.2 Å². The Bertz CT molecular complexity index is 1010. The molecular weight excluding hydrogens is 466 g/mol. The molecule has 0 unspecified atom stereocenters. The summed E-state index contributed by atoms with van der Waals surface area (Å²) in [5.41, 5.74) is 2.54. The van der Waals surface area contributed by atoms with Crippen LogP contribution in [0.1, 0.15) is 62.3 Å². The van der Waals surface area contributed by atoms with Crippen LogP contribution >= 0.6 is 11.6 Å². The Labute approximate surface area is 213 Å². The number of halogens is 1. The average molecular weight is 502 g/mol. The van der Waals surface area contributed by atoms with Gasteiger partial charge in [-0.2, -0.15) is 0 Å². The molecule has 1 N–H and O–H groups in total. The highest BCUT2D eigenvalue weighted by atomic mass is 35.5. The van der Waals surface area contributed by atoms with Crippen molar-refractivity contribution in [3.63, 3.8) is 0 Å². The van der Waals surface area contributed by atoms with Gasteiger partial charge >= 0.3 is 5.97 Å². The van der Waals surface area contributed by atoms with Gasteiger partial charge in [0.2, 0.25) is 0 Å². The normalized spacial score (nSPS) is 27.1. The first kappa shape index (κ1) is 26.0. The fraction of sp³-hybridized carbons (Fsp3) is 0.536. The first-order valence-electron chi connectivity index (χ1n) is 12.5. The van der Waals surface area contributed by atoms with E-state index in [2.05, 4.69) is 23.1 Å². The quantitative estimate of drug-likeness (QED) is 0.517. The van der Waals surface area contributed by atoms with E-state index in [1.807, 2.05) is 38.1 Å². The summed E-state index contributed by atoms with van der Waals surface area (Å²) in [5, 5.41) is 11.4. The van der Waals surface area contributed by atoms with Crippen LogP contribution in [0, 0.1) is 0 Å². The van der Waals surface area contributed by atoms with Crippen molar-refractivity contribution in [3.8, 4) is 5.75 Å². The van der Waals surface area contributed by atoms with Gasteiger partial charge in [-0.1, -0.05) is 35.9 Å². The zero-order valence-electron chi connectivity index (χ0n) is 20.8. The number of carbonyl (C=O) groups excluding carboxylic acids is 1. The molecule has 0 aromatic heterocycles. The van der Waals surface area contributed by atoms with Crippen molar-refractivity contribution in [2.45, 2.75) is 69.8 Å². The maximum absolute atomic E-state index is 12.4. The molecule has 0 spiro atoms. The van der Waals surface area contributed by atoms with E-state index in [0.29, 0.717) is 37.4 Å². The molecule has 2 aromatic rings. The number of esters is 1. The number of nitrogens with zero attached hydrogens (tertiary/aromatic N) is 1. The van der Waals surface area contributed by atoms with Crippen LogP contribution in [-0.2, 0) is 20.7 Å². The molecule has 6 nitrogen and oxygen atoms in total. The van der Waals surface area contributed by atoms with Crippen molar-refractivity contribution < 1.29 is 24.1 Å². The molecule has 0 bridgehead atoms. The van der Waals surface area contributed by atoms with Crippen LogP contribution in [0.3, 0.4) is 0 Å². The van der Waals surface area contributed by atoms with E-state index in [1.54, 1.807) is 0 Å². The molecule has 4 rings (SSSR count). The lowest BCUT2D eigenvalue weighted by molar-refractivity contribution is -0.155. The summed E-state index contributed by atoms with van der Waals surface area (Å²) in [6.07, 6.45) is 2.63. The third kappa shape index (κ3) is 6.00. The lowest BCUT2D eigenvalue weighted by atomic mass is 9.93. The van der Waals surface area contributed by atoms with Crippen LogP contribution in [0.15, 0.2) is 42.5 Å². The van der Waals surface area contributed by atoms with Crippen molar-refractivity contribution in [2.75, 3.05) is 26.8 Å². The van der Waals surface area contributed by atoms with E-state index in [-0.39, 0.29) is 18.2 Å². The third-order valence-electron chi connectivity index (χ3n) is 7.29. The van der Waals surface area contributed by atoms with E-state index < -0.39 is 11.6 Å². The Morgan fingerprint density at radius 3 is 2.71 bits per heavy atom. The van der Waals surface area contributed by atoms with Gasteiger partial charge in [0.05, 0.1) is 32.0 Å². The monoisotopic (exact) mass is 501 g/mol. The predicted molar refractivity (Wildman–Crippen MR) is 136 cm³/mol. The van der Waals surface area contributed by atoms with E-state index in [1.165, 1.54) is 7.11 Å². The van der Waals surface area contributed by atoms with Gasteiger partial charge in [0.25, 0.3) is 0 Å². The van der Waals surface area contributed by atoms with Crippen LogP contribution in [0.25, 0.3) is 0 Å². The lowest BCUT2D eigenvalue weighted by Crippen LogP contribution is -2.52. The molecule has 2 aliphatic rings. The number of ether oxygens (including phenoxy) is 3. The maximum Gasteiger partial charge on any atom is 0.325 e. The van der Waals surface area contributed by atoms with Gasteiger partial charge in [0.1, 0.15) is 11.3 Å². The largest absolute Gasteiger partial charge is 0.494 e. The molecule has 190 valence electrons. The fourth-order valence-corrected chi connectivity index (χ4v) is 5.54. The highest BCUT2D eigenvalue weighted by molar-refractivity contribution is 6.31. The molecule has 35 heavy (non-hydrogen) atoms. The SMILES string of the molecule is CCOc1ccc(Cc2cc([C@H]3C[C@@H](O)C[C@@H](CN4CCC[C@@]4(C)C(=O)OC)O3)ccc2Cl)cc1. The highest BCUT2D eigenvalue weighted by Crippen LogP contribution is 2.36. The molecule has 2 saturated heterocycles. The second kappa shape index (κ2) is 11.3. The minimum absolute atomic E-state index is 0.170. The number of rotatable bonds is 8. The third-order valence-corrected chi connectivity index (χ3v) is 7.66. The minimum Gasteiger partial charge on any atom is -0.494 e. The molecule has 2 fully saturated rings. The van der Waals surface area contributed by atoms with Gasteiger partial charge in [-0.3, -0.25) is 9.69 Å². The zero-order valence-corrected chi connectivity index (χ0v) is 21.6. The van der Waals surface area contributed by atoms with Crippen molar-refractivity contribution in [3.05, 3.63) is 64.2 Å². The molecule has 2 aromatic carbocycles. The number of hydrogen-bond acceptors (Lipinski definition) is 6. The zero-order chi connectivity index (χ0) is 25.0. The molecule has 0 amide bonds.